The Labute approximate surface area is 144 Å². The first kappa shape index (κ1) is 14.0. The first-order valence-electron chi connectivity index (χ1n) is 7.39. The van der Waals surface area contributed by atoms with Gasteiger partial charge >= 0.3 is 0 Å². The van der Waals surface area contributed by atoms with Crippen LogP contribution in [0.2, 0.25) is 5.02 Å². The molecule has 2 aliphatic rings. The van der Waals surface area contributed by atoms with Gasteiger partial charge in [0.25, 0.3) is 0 Å². The molecule has 2 fully saturated rings. The van der Waals surface area contributed by atoms with Gasteiger partial charge in [-0.05, 0) is 35.6 Å². The van der Waals surface area contributed by atoms with Crippen molar-refractivity contribution in [1.29, 1.82) is 0 Å². The van der Waals surface area contributed by atoms with Gasteiger partial charge < -0.3 is 0 Å². The molecule has 4 rings (SSSR count). The fourth-order valence-electron chi connectivity index (χ4n) is 3.67. The number of nitrogens with zero attached hydrogens (tertiary/aromatic N) is 1. The van der Waals surface area contributed by atoms with Crippen LogP contribution in [0.1, 0.15) is 23.6 Å². The third kappa shape index (κ3) is 2.51. The highest BCUT2D eigenvalue weighted by atomic mass is 127. The zero-order chi connectivity index (χ0) is 14.4. The predicted octanol–water partition coefficient (Wildman–Crippen LogP) is 5.09. The maximum absolute atomic E-state index is 6.05. The van der Waals surface area contributed by atoms with Gasteiger partial charge in [-0.15, -0.1) is 0 Å². The number of hydrogen-bond donors (Lipinski definition) is 0. The Kier molecular flexibility index (Phi) is 3.51. The highest BCUT2D eigenvalue weighted by molar-refractivity contribution is 14.1. The summed E-state index contributed by atoms with van der Waals surface area (Å²) in [5, 5.41) is 0.821. The van der Waals surface area contributed by atoms with E-state index in [1.807, 2.05) is 12.1 Å². The van der Waals surface area contributed by atoms with Crippen molar-refractivity contribution in [2.45, 2.75) is 22.4 Å². The van der Waals surface area contributed by atoms with Crippen LogP contribution in [0.15, 0.2) is 54.6 Å². The van der Waals surface area contributed by atoms with Gasteiger partial charge in [-0.2, -0.15) is 0 Å². The van der Waals surface area contributed by atoms with Crippen LogP contribution in [0.3, 0.4) is 0 Å². The van der Waals surface area contributed by atoms with E-state index in [0.29, 0.717) is 9.46 Å². The van der Waals surface area contributed by atoms with E-state index in [9.17, 15) is 0 Å². The molecule has 21 heavy (non-hydrogen) atoms. The van der Waals surface area contributed by atoms with Crippen molar-refractivity contribution < 1.29 is 0 Å². The highest BCUT2D eigenvalue weighted by Gasteiger charge is 2.64. The number of alkyl halides is 1. The summed E-state index contributed by atoms with van der Waals surface area (Å²) in [6.07, 6.45) is 1.35. The minimum absolute atomic E-state index is 0.431. The average molecular weight is 410 g/mol. The molecule has 1 heterocycles. The Balaban J connectivity index is 1.63. The van der Waals surface area contributed by atoms with Gasteiger partial charge in [0.05, 0.1) is 6.04 Å². The van der Waals surface area contributed by atoms with Gasteiger partial charge in [0.2, 0.25) is 0 Å². The first-order valence-corrected chi connectivity index (χ1v) is 8.85. The molecule has 1 saturated carbocycles. The van der Waals surface area contributed by atoms with Crippen LogP contribution in [0.25, 0.3) is 0 Å². The number of rotatable bonds is 3. The van der Waals surface area contributed by atoms with Crippen LogP contribution in [-0.4, -0.2) is 14.9 Å². The molecule has 2 aromatic rings. The van der Waals surface area contributed by atoms with E-state index in [1.165, 1.54) is 24.1 Å². The minimum atomic E-state index is 0.431. The summed E-state index contributed by atoms with van der Waals surface area (Å²) < 4.78 is 0.431. The van der Waals surface area contributed by atoms with Crippen molar-refractivity contribution in [2.75, 3.05) is 6.54 Å². The Morgan fingerprint density at radius 3 is 2.52 bits per heavy atom. The number of piperidine rings is 1. The van der Waals surface area contributed by atoms with E-state index < -0.39 is 0 Å². The maximum Gasteiger partial charge on any atom is 0.0500 e. The number of likely N-dealkylation sites (tertiary alicyclic amines) is 1. The third-order valence-electron chi connectivity index (χ3n) is 4.77. The van der Waals surface area contributed by atoms with Crippen LogP contribution in [0, 0.1) is 5.92 Å². The number of hydrogen-bond acceptors (Lipinski definition) is 1. The van der Waals surface area contributed by atoms with E-state index in [2.05, 4.69) is 70.0 Å². The molecule has 1 nitrogen and oxygen atoms in total. The molecule has 3 atom stereocenters. The summed E-state index contributed by atoms with van der Waals surface area (Å²) in [5.74, 6) is 0.850. The van der Waals surface area contributed by atoms with Gasteiger partial charge in [-0.3, -0.25) is 4.90 Å². The summed E-state index contributed by atoms with van der Waals surface area (Å²) in [5.41, 5.74) is 2.81. The molecule has 0 radical (unpaired) electrons. The van der Waals surface area contributed by atoms with Crippen molar-refractivity contribution in [1.82, 2.24) is 4.90 Å². The standard InChI is InChI=1S/C18H17ClIN/c19-16-8-6-14(7-9-16)17-18(20)10-15(18)12-21(17)11-13-4-2-1-3-5-13/h1-9,15,17H,10-12H2/t15-,17-,18+/m0/s1. The molecular formula is C18H17ClIN. The van der Waals surface area contributed by atoms with Gasteiger partial charge in [0.15, 0.2) is 0 Å². The summed E-state index contributed by atoms with van der Waals surface area (Å²) in [7, 11) is 0. The highest BCUT2D eigenvalue weighted by Crippen LogP contribution is 2.66. The first-order chi connectivity index (χ1) is 10.2. The average Bonchev–Trinajstić information content (AvgIpc) is 3.05. The molecule has 0 spiro atoms. The van der Waals surface area contributed by atoms with Crippen molar-refractivity contribution in [3.05, 3.63) is 70.7 Å². The molecule has 3 heteroatoms. The molecule has 108 valence electrons. The zero-order valence-electron chi connectivity index (χ0n) is 11.7. The van der Waals surface area contributed by atoms with Gasteiger partial charge in [-0.1, -0.05) is 76.7 Å². The van der Waals surface area contributed by atoms with E-state index >= 15 is 0 Å². The second kappa shape index (κ2) is 5.25. The van der Waals surface area contributed by atoms with Crippen LogP contribution in [0.5, 0.6) is 0 Å². The second-order valence-electron chi connectivity index (χ2n) is 6.20. The molecular weight excluding hydrogens is 393 g/mol. The largest absolute Gasteiger partial charge is 0.290 e. The Hall–Kier alpha value is -0.580. The fraction of sp³-hybridized carbons (Fsp3) is 0.333. The van der Waals surface area contributed by atoms with Crippen molar-refractivity contribution >= 4 is 34.2 Å². The van der Waals surface area contributed by atoms with Gasteiger partial charge in [-0.25, -0.2) is 0 Å². The second-order valence-corrected chi connectivity index (χ2v) is 8.64. The van der Waals surface area contributed by atoms with Crippen molar-refractivity contribution in [2.24, 2.45) is 5.92 Å². The molecule has 1 saturated heterocycles. The van der Waals surface area contributed by atoms with E-state index in [-0.39, 0.29) is 0 Å². The summed E-state index contributed by atoms with van der Waals surface area (Å²) >= 11 is 8.75. The lowest BCUT2D eigenvalue weighted by molar-refractivity contribution is 0.222. The molecule has 0 bridgehead atoms. The fourth-order valence-corrected chi connectivity index (χ4v) is 5.28. The van der Waals surface area contributed by atoms with E-state index in [0.717, 1.165) is 17.5 Å². The SMILES string of the molecule is Clc1ccc([C@@H]2N(Cc3ccccc3)C[C@@H]3C[C@@]32I)cc1. The Morgan fingerprint density at radius 1 is 1.10 bits per heavy atom. The zero-order valence-corrected chi connectivity index (χ0v) is 14.6. The molecule has 1 aliphatic heterocycles. The van der Waals surface area contributed by atoms with Crippen molar-refractivity contribution in [3.63, 3.8) is 0 Å². The number of benzene rings is 2. The van der Waals surface area contributed by atoms with Crippen LogP contribution < -0.4 is 0 Å². The molecule has 0 N–H and O–H groups in total. The maximum atomic E-state index is 6.05. The van der Waals surface area contributed by atoms with Crippen molar-refractivity contribution in [3.8, 4) is 0 Å². The lowest BCUT2D eigenvalue weighted by atomic mass is 10.0. The molecule has 0 aromatic heterocycles. The Bertz CT molecular complexity index is 642. The third-order valence-corrected chi connectivity index (χ3v) is 6.93. The molecule has 0 amide bonds. The molecule has 1 aliphatic carbocycles. The van der Waals surface area contributed by atoms with Gasteiger partial charge in [0.1, 0.15) is 0 Å². The van der Waals surface area contributed by atoms with Gasteiger partial charge in [0, 0.05) is 21.5 Å². The lowest BCUT2D eigenvalue weighted by Crippen LogP contribution is -2.29. The minimum Gasteiger partial charge on any atom is -0.290 e. The van der Waals surface area contributed by atoms with Crippen LogP contribution in [0.4, 0.5) is 0 Å². The molecule has 2 aromatic carbocycles. The summed E-state index contributed by atoms with van der Waals surface area (Å²) in [4.78, 5) is 2.64. The number of fused-ring (bicyclic) bond motifs is 1. The van der Waals surface area contributed by atoms with Crippen LogP contribution in [-0.2, 0) is 6.54 Å². The van der Waals surface area contributed by atoms with E-state index in [1.54, 1.807) is 0 Å². The summed E-state index contributed by atoms with van der Waals surface area (Å²) in [6.45, 7) is 2.25. The Morgan fingerprint density at radius 2 is 1.81 bits per heavy atom. The van der Waals surface area contributed by atoms with E-state index in [4.69, 9.17) is 11.6 Å². The quantitative estimate of drug-likeness (QED) is 0.504. The lowest BCUT2D eigenvalue weighted by Gasteiger charge is -2.30. The summed E-state index contributed by atoms with van der Waals surface area (Å²) in [6, 6.07) is 19.7. The molecule has 0 unspecified atom stereocenters. The normalized spacial score (nSPS) is 31.1. The monoisotopic (exact) mass is 409 g/mol. The predicted molar refractivity (Wildman–Crippen MR) is 95.9 cm³/mol. The topological polar surface area (TPSA) is 3.24 Å². The van der Waals surface area contributed by atoms with Crippen LogP contribution >= 0.6 is 34.2 Å². The number of halogens is 2. The smallest absolute Gasteiger partial charge is 0.0500 e.